The molecule has 1 aromatic carbocycles. The van der Waals surface area contributed by atoms with Gasteiger partial charge in [0.05, 0.1) is 4.90 Å². The molecule has 6 heteroatoms. The van der Waals surface area contributed by atoms with Crippen LogP contribution in [-0.2, 0) is 14.8 Å². The normalized spacial score (nSPS) is 15.6. The standard InChI is InChI=1S/C19H30N2O3S/c1-3-13-21(14-4-2)25(23,24)18-11-9-17(10-12-18)20-19(22)15-16-7-5-6-8-16/h9-12,16H,3-8,13-15H2,1-2H3,(H,20,22). The van der Waals surface area contributed by atoms with Gasteiger partial charge >= 0.3 is 0 Å². The molecule has 2 rings (SSSR count). The Kier molecular flexibility index (Phi) is 7.44. The van der Waals surface area contributed by atoms with E-state index in [1.165, 1.54) is 17.1 Å². The van der Waals surface area contributed by atoms with Crippen molar-refractivity contribution >= 4 is 21.6 Å². The van der Waals surface area contributed by atoms with Crippen molar-refractivity contribution in [2.45, 2.75) is 63.7 Å². The van der Waals surface area contributed by atoms with Crippen molar-refractivity contribution in [3.8, 4) is 0 Å². The maximum atomic E-state index is 12.7. The highest BCUT2D eigenvalue weighted by atomic mass is 32.2. The van der Waals surface area contributed by atoms with Gasteiger partial charge in [-0.1, -0.05) is 26.7 Å². The largest absolute Gasteiger partial charge is 0.326 e. The van der Waals surface area contributed by atoms with E-state index in [2.05, 4.69) is 5.32 Å². The third-order valence-electron chi connectivity index (χ3n) is 4.67. The molecule has 0 saturated heterocycles. The zero-order valence-corrected chi connectivity index (χ0v) is 16.1. The van der Waals surface area contributed by atoms with Gasteiger partial charge in [-0.3, -0.25) is 4.79 Å². The first-order valence-corrected chi connectivity index (χ1v) is 10.8. The molecule has 0 bridgehead atoms. The predicted octanol–water partition coefficient (Wildman–Crippen LogP) is 4.02. The van der Waals surface area contributed by atoms with Crippen molar-refractivity contribution in [1.82, 2.24) is 4.31 Å². The number of hydrogen-bond acceptors (Lipinski definition) is 3. The Labute approximate surface area is 151 Å². The molecular formula is C19H30N2O3S. The number of carbonyl (C=O) groups excluding carboxylic acids is 1. The van der Waals surface area contributed by atoms with E-state index in [4.69, 9.17) is 0 Å². The van der Waals surface area contributed by atoms with Crippen LogP contribution in [0.25, 0.3) is 0 Å². The van der Waals surface area contributed by atoms with E-state index in [0.29, 0.717) is 31.1 Å². The number of nitrogens with zero attached hydrogens (tertiary/aromatic N) is 1. The van der Waals surface area contributed by atoms with Gasteiger partial charge in [0.1, 0.15) is 0 Å². The first-order chi connectivity index (χ1) is 12.0. The van der Waals surface area contributed by atoms with E-state index >= 15 is 0 Å². The lowest BCUT2D eigenvalue weighted by Gasteiger charge is -2.21. The molecule has 0 aliphatic heterocycles. The minimum absolute atomic E-state index is 0.0149. The van der Waals surface area contributed by atoms with Crippen LogP contribution in [0.1, 0.15) is 58.8 Å². The van der Waals surface area contributed by atoms with Crippen molar-refractivity contribution < 1.29 is 13.2 Å². The van der Waals surface area contributed by atoms with E-state index in [-0.39, 0.29) is 10.8 Å². The topological polar surface area (TPSA) is 66.5 Å². The molecule has 140 valence electrons. The Balaban J connectivity index is 2.01. The fraction of sp³-hybridized carbons (Fsp3) is 0.632. The molecule has 1 saturated carbocycles. The first-order valence-electron chi connectivity index (χ1n) is 9.37. The van der Waals surface area contributed by atoms with Crippen molar-refractivity contribution in [2.75, 3.05) is 18.4 Å². The first kappa shape index (κ1) is 19.9. The van der Waals surface area contributed by atoms with Crippen LogP contribution in [-0.4, -0.2) is 31.7 Å². The molecule has 1 aliphatic carbocycles. The second kappa shape index (κ2) is 9.34. The number of amides is 1. The second-order valence-corrected chi connectivity index (χ2v) is 8.77. The Morgan fingerprint density at radius 1 is 1.08 bits per heavy atom. The Hall–Kier alpha value is -1.40. The van der Waals surface area contributed by atoms with Crippen LogP contribution in [0, 0.1) is 5.92 Å². The van der Waals surface area contributed by atoms with Gasteiger partial charge in [0.15, 0.2) is 0 Å². The smallest absolute Gasteiger partial charge is 0.243 e. The summed E-state index contributed by atoms with van der Waals surface area (Å²) >= 11 is 0. The average Bonchev–Trinajstić information content (AvgIpc) is 3.08. The fourth-order valence-corrected chi connectivity index (χ4v) is 5.02. The minimum atomic E-state index is -3.47. The van der Waals surface area contributed by atoms with Gasteiger partial charge in [-0.25, -0.2) is 8.42 Å². The molecule has 0 atom stereocenters. The minimum Gasteiger partial charge on any atom is -0.326 e. The van der Waals surface area contributed by atoms with Gasteiger partial charge < -0.3 is 5.32 Å². The zero-order chi connectivity index (χ0) is 18.3. The maximum Gasteiger partial charge on any atom is 0.243 e. The fourth-order valence-electron chi connectivity index (χ4n) is 3.40. The summed E-state index contributed by atoms with van der Waals surface area (Å²) < 4.78 is 27.0. The summed E-state index contributed by atoms with van der Waals surface area (Å²) in [5.41, 5.74) is 0.652. The van der Waals surface area contributed by atoms with Gasteiger partial charge in [-0.15, -0.1) is 0 Å². The van der Waals surface area contributed by atoms with Gasteiger partial charge in [0, 0.05) is 25.2 Å². The number of carbonyl (C=O) groups is 1. The number of benzene rings is 1. The van der Waals surface area contributed by atoms with E-state index in [0.717, 1.165) is 25.7 Å². The summed E-state index contributed by atoms with van der Waals surface area (Å²) in [5.74, 6) is 0.511. The van der Waals surface area contributed by atoms with E-state index in [1.807, 2.05) is 13.8 Å². The summed E-state index contributed by atoms with van der Waals surface area (Å²) in [6.45, 7) is 4.99. The van der Waals surface area contributed by atoms with E-state index in [1.54, 1.807) is 24.3 Å². The molecule has 25 heavy (non-hydrogen) atoms. The van der Waals surface area contributed by atoms with Gasteiger partial charge in [0.25, 0.3) is 0 Å². The van der Waals surface area contributed by atoms with Crippen LogP contribution >= 0.6 is 0 Å². The molecular weight excluding hydrogens is 336 g/mol. The third kappa shape index (κ3) is 5.54. The summed E-state index contributed by atoms with van der Waals surface area (Å²) in [5, 5.41) is 2.88. The van der Waals surface area contributed by atoms with Crippen molar-refractivity contribution in [3.63, 3.8) is 0 Å². The average molecular weight is 367 g/mol. The SMILES string of the molecule is CCCN(CCC)S(=O)(=O)c1ccc(NC(=O)CC2CCCC2)cc1. The molecule has 0 aromatic heterocycles. The molecule has 1 aliphatic rings. The van der Waals surface area contributed by atoms with Crippen molar-refractivity contribution in [1.29, 1.82) is 0 Å². The number of sulfonamides is 1. The Morgan fingerprint density at radius 2 is 1.64 bits per heavy atom. The number of nitrogens with one attached hydrogen (secondary N) is 1. The maximum absolute atomic E-state index is 12.7. The Morgan fingerprint density at radius 3 is 2.16 bits per heavy atom. The van der Waals surface area contributed by atoms with Crippen LogP contribution < -0.4 is 5.32 Å². The van der Waals surface area contributed by atoms with E-state index in [9.17, 15) is 13.2 Å². The Bertz CT molecular complexity index is 644. The van der Waals surface area contributed by atoms with E-state index < -0.39 is 10.0 Å². The van der Waals surface area contributed by atoms with Gasteiger partial charge in [-0.2, -0.15) is 4.31 Å². The molecule has 1 amide bonds. The highest BCUT2D eigenvalue weighted by molar-refractivity contribution is 7.89. The highest BCUT2D eigenvalue weighted by Gasteiger charge is 2.23. The summed E-state index contributed by atoms with van der Waals surface area (Å²) in [6, 6.07) is 6.52. The molecule has 1 aromatic rings. The van der Waals surface area contributed by atoms with Crippen molar-refractivity contribution in [2.24, 2.45) is 5.92 Å². The number of rotatable bonds is 9. The van der Waals surface area contributed by atoms with Crippen molar-refractivity contribution in [3.05, 3.63) is 24.3 Å². The third-order valence-corrected chi connectivity index (χ3v) is 6.58. The summed E-state index contributed by atoms with van der Waals surface area (Å²) in [6.07, 6.45) is 6.83. The molecule has 0 unspecified atom stereocenters. The van der Waals surface area contributed by atoms with Crippen LogP contribution in [0.3, 0.4) is 0 Å². The lowest BCUT2D eigenvalue weighted by atomic mass is 10.0. The van der Waals surface area contributed by atoms with Crippen LogP contribution in [0.4, 0.5) is 5.69 Å². The lowest BCUT2D eigenvalue weighted by molar-refractivity contribution is -0.117. The van der Waals surface area contributed by atoms with Crippen LogP contribution in [0.2, 0.25) is 0 Å². The molecule has 0 heterocycles. The van der Waals surface area contributed by atoms with Crippen LogP contribution in [0.5, 0.6) is 0 Å². The molecule has 1 N–H and O–H groups in total. The van der Waals surface area contributed by atoms with Gasteiger partial charge in [-0.05, 0) is 55.9 Å². The highest BCUT2D eigenvalue weighted by Crippen LogP contribution is 2.28. The summed E-state index contributed by atoms with van der Waals surface area (Å²) in [4.78, 5) is 12.4. The molecule has 1 fully saturated rings. The molecule has 0 spiro atoms. The summed E-state index contributed by atoms with van der Waals surface area (Å²) in [7, 11) is -3.47. The van der Waals surface area contributed by atoms with Gasteiger partial charge in [0.2, 0.25) is 15.9 Å². The monoisotopic (exact) mass is 366 g/mol. The second-order valence-electron chi connectivity index (χ2n) is 6.83. The van der Waals surface area contributed by atoms with Crippen LogP contribution in [0.15, 0.2) is 29.2 Å². The molecule has 0 radical (unpaired) electrons. The lowest BCUT2D eigenvalue weighted by Crippen LogP contribution is -2.32. The number of anilines is 1. The number of hydrogen-bond donors (Lipinski definition) is 1. The molecule has 5 nitrogen and oxygen atoms in total. The quantitative estimate of drug-likeness (QED) is 0.718. The predicted molar refractivity (Wildman–Crippen MR) is 101 cm³/mol. The zero-order valence-electron chi connectivity index (χ0n) is 15.3.